The minimum Gasteiger partial charge on any atom is -0.574 e. The molecule has 0 saturated heterocycles. The van der Waals surface area contributed by atoms with Crippen LogP contribution in [0.15, 0.2) is 36.4 Å². The molecule has 12 heteroatoms. The Labute approximate surface area is 182 Å². The van der Waals surface area contributed by atoms with Crippen molar-refractivity contribution in [2.24, 2.45) is 0 Å². The average molecular weight is 536 g/mol. The lowest BCUT2D eigenvalue weighted by molar-refractivity contribution is 0.0425. The molecule has 2 aromatic carbocycles. The smallest absolute Gasteiger partial charge is 0.574 e. The van der Waals surface area contributed by atoms with Crippen molar-refractivity contribution >= 4 is 67.6 Å². The van der Waals surface area contributed by atoms with Gasteiger partial charge in [0.25, 0.3) is 0 Å². The lowest BCUT2D eigenvalue weighted by Gasteiger charge is -2.10. The third-order valence-corrected chi connectivity index (χ3v) is 6.48. The van der Waals surface area contributed by atoms with Crippen molar-refractivity contribution in [1.82, 2.24) is 0 Å². The number of benzene rings is 2. The maximum absolute atomic E-state index is 12.3. The molecule has 10 nitrogen and oxygen atoms in total. The van der Waals surface area contributed by atoms with Gasteiger partial charge < -0.3 is 17.1 Å². The molecule has 0 aromatic heterocycles. The Morgan fingerprint density at radius 1 is 0.667 bits per heavy atom. The van der Waals surface area contributed by atoms with E-state index in [1.165, 1.54) is 24.3 Å². The van der Waals surface area contributed by atoms with E-state index in [2.05, 4.69) is 9.47 Å². The summed E-state index contributed by atoms with van der Waals surface area (Å²) in [6, 6.07) is 7.41. The zero-order chi connectivity index (χ0) is 21.6. The zero-order valence-electron chi connectivity index (χ0n) is 14.5. The zero-order valence-corrected chi connectivity index (χ0v) is 17.8. The van der Waals surface area contributed by atoms with E-state index >= 15 is 0 Å². The second kappa shape index (κ2) is 7.63. The highest BCUT2D eigenvalue weighted by Crippen LogP contribution is 2.23. The van der Waals surface area contributed by atoms with Gasteiger partial charge in [0.1, 0.15) is 0 Å². The van der Waals surface area contributed by atoms with Gasteiger partial charge in [-0.05, 0) is 36.4 Å². The number of halogens is 1. The van der Waals surface area contributed by atoms with E-state index in [-0.39, 0.29) is 33.4 Å². The number of hydrogen-bond donors (Lipinski definition) is 0. The first kappa shape index (κ1) is 20.2. The van der Waals surface area contributed by atoms with Crippen LogP contribution in [0.2, 0.25) is 0 Å². The number of carbonyl (C=O) groups is 6. The largest absolute Gasteiger partial charge is 0.952 e. The third-order valence-electron chi connectivity index (χ3n) is 4.16. The number of cyclic esters (lactones) is 4. The standard InChI is InChI=1S/2C9H4O5.Al.HI/c2*10-7(11)4-1-2-5-6(3-4)9(13)14-8(5)12;;/h2*1-3H,(H,10,11);;1H/q;;+3;/p-3. The highest BCUT2D eigenvalue weighted by molar-refractivity contribution is 14.1. The highest BCUT2D eigenvalue weighted by Gasteiger charge is 2.37. The van der Waals surface area contributed by atoms with E-state index in [1.807, 2.05) is 0 Å². The molecule has 0 atom stereocenters. The monoisotopic (exact) mass is 536 g/mol. The van der Waals surface area contributed by atoms with E-state index in [9.17, 15) is 28.8 Å². The predicted molar refractivity (Wildman–Crippen MR) is 103 cm³/mol. The van der Waals surface area contributed by atoms with Crippen molar-refractivity contribution < 1.29 is 45.8 Å². The molecule has 0 fully saturated rings. The summed E-state index contributed by atoms with van der Waals surface area (Å²) in [5.74, 6) is -5.05. The van der Waals surface area contributed by atoms with Crippen LogP contribution in [-0.2, 0) is 17.1 Å². The van der Waals surface area contributed by atoms with E-state index in [0.29, 0.717) is 0 Å². The first-order valence-electron chi connectivity index (χ1n) is 8.12. The third kappa shape index (κ3) is 3.60. The van der Waals surface area contributed by atoms with Crippen molar-refractivity contribution in [2.75, 3.05) is 0 Å². The summed E-state index contributed by atoms with van der Waals surface area (Å²) in [6.45, 7) is 0. The molecule has 0 spiro atoms. The lowest BCUT2D eigenvalue weighted by atomic mass is 10.1. The highest BCUT2D eigenvalue weighted by atomic mass is 127. The second-order valence-corrected chi connectivity index (χ2v) is 10.0. The average Bonchev–Trinajstić information content (AvgIpc) is 3.16. The Bertz CT molecular complexity index is 1100. The van der Waals surface area contributed by atoms with Crippen LogP contribution in [-0.4, -0.2) is 47.3 Å². The fraction of sp³-hybridized carbons (Fsp3) is 0. The quantitative estimate of drug-likeness (QED) is 0.246. The van der Waals surface area contributed by atoms with Crippen LogP contribution in [0, 0.1) is 0 Å². The Morgan fingerprint density at radius 2 is 1.03 bits per heavy atom. The van der Waals surface area contributed by atoms with Gasteiger partial charge in [0.05, 0.1) is 33.4 Å². The maximum Gasteiger partial charge on any atom is 0.952 e. The molecule has 30 heavy (non-hydrogen) atoms. The molecule has 2 aromatic rings. The van der Waals surface area contributed by atoms with Crippen LogP contribution in [0.3, 0.4) is 0 Å². The molecule has 4 rings (SSSR count). The molecule has 0 N–H and O–H groups in total. The molecule has 0 amide bonds. The molecule has 0 unspecified atom stereocenters. The second-order valence-electron chi connectivity index (χ2n) is 5.96. The van der Waals surface area contributed by atoms with Crippen LogP contribution in [0.5, 0.6) is 0 Å². The molecular weight excluding hydrogens is 530 g/mol. The Hall–Kier alpha value is -3.08. The van der Waals surface area contributed by atoms with Crippen molar-refractivity contribution in [2.45, 2.75) is 0 Å². The van der Waals surface area contributed by atoms with Gasteiger partial charge in [-0.25, -0.2) is 28.8 Å². The molecule has 0 aliphatic carbocycles. The minimum absolute atomic E-state index is 0.0237. The van der Waals surface area contributed by atoms with Crippen molar-refractivity contribution in [1.29, 1.82) is 0 Å². The first-order valence-corrected chi connectivity index (χ1v) is 13.2. The predicted octanol–water partition coefficient (Wildman–Crippen LogP) is 1.74. The SMILES string of the molecule is O=C([O][Al]([I])[O]C(=O)c1ccc2c(c1)C(=O)OC2=O)c1ccc2c(c1)C(=O)OC2=O. The molecule has 0 bridgehead atoms. The molecule has 0 radical (unpaired) electrons. The van der Waals surface area contributed by atoms with Gasteiger partial charge in [0, 0.05) is 0 Å². The molecule has 0 saturated carbocycles. The lowest BCUT2D eigenvalue weighted by Crippen LogP contribution is -2.24. The van der Waals surface area contributed by atoms with Gasteiger partial charge >= 0.3 is 47.3 Å². The van der Waals surface area contributed by atoms with E-state index in [1.54, 1.807) is 20.3 Å². The summed E-state index contributed by atoms with van der Waals surface area (Å²) in [5, 5.41) is 0. The number of fused-ring (bicyclic) bond motifs is 2. The Kier molecular flexibility index (Phi) is 5.14. The van der Waals surface area contributed by atoms with Gasteiger partial charge in [-0.1, -0.05) is 20.3 Å². The summed E-state index contributed by atoms with van der Waals surface area (Å²) < 4.78 is 19.2. The van der Waals surface area contributed by atoms with Crippen LogP contribution in [0.1, 0.15) is 62.1 Å². The number of esters is 4. The van der Waals surface area contributed by atoms with Gasteiger partial charge in [0.15, 0.2) is 0 Å². The molecule has 2 aliphatic heterocycles. The number of carbonyl (C=O) groups excluding carboxylic acids is 6. The summed E-state index contributed by atoms with van der Waals surface area (Å²) in [5.41, 5.74) is -0.0797. The summed E-state index contributed by atoms with van der Waals surface area (Å²) in [7, 11) is 0. The van der Waals surface area contributed by atoms with Crippen molar-refractivity contribution in [3.63, 3.8) is 0 Å². The Morgan fingerprint density at radius 3 is 1.43 bits per heavy atom. The van der Waals surface area contributed by atoms with E-state index in [0.717, 1.165) is 12.1 Å². The minimum atomic E-state index is -2.85. The van der Waals surface area contributed by atoms with E-state index < -0.39 is 47.3 Å². The normalized spacial score (nSPS) is 13.9. The van der Waals surface area contributed by atoms with Gasteiger partial charge in [-0.2, -0.15) is 0 Å². The fourth-order valence-electron chi connectivity index (χ4n) is 2.75. The van der Waals surface area contributed by atoms with Gasteiger partial charge in [-0.15, -0.1) is 0 Å². The molecule has 148 valence electrons. The van der Waals surface area contributed by atoms with Gasteiger partial charge in [-0.3, -0.25) is 0 Å². The number of rotatable bonds is 4. The molecule has 2 aliphatic rings. The first-order chi connectivity index (χ1) is 14.2. The van der Waals surface area contributed by atoms with E-state index in [4.69, 9.17) is 7.58 Å². The maximum atomic E-state index is 12.3. The molecule has 2 heterocycles. The van der Waals surface area contributed by atoms with Crippen LogP contribution in [0.25, 0.3) is 0 Å². The summed E-state index contributed by atoms with van der Waals surface area (Å²) in [4.78, 5) is 70.6. The number of ether oxygens (including phenoxy) is 2. The number of hydrogen-bond acceptors (Lipinski definition) is 10. The summed E-state index contributed by atoms with van der Waals surface area (Å²) >= 11 is -1.18. The Balaban J connectivity index is 1.43. The van der Waals surface area contributed by atoms with Crippen molar-refractivity contribution in [3.8, 4) is 0 Å². The van der Waals surface area contributed by atoms with Gasteiger partial charge in [0.2, 0.25) is 0 Å². The summed E-state index contributed by atoms with van der Waals surface area (Å²) in [6.07, 6.45) is 0. The fourth-order valence-corrected chi connectivity index (χ4v) is 4.80. The van der Waals surface area contributed by atoms with Crippen LogP contribution < -0.4 is 0 Å². The van der Waals surface area contributed by atoms with Crippen LogP contribution in [0.4, 0.5) is 0 Å². The topological polar surface area (TPSA) is 139 Å². The van der Waals surface area contributed by atoms with Crippen molar-refractivity contribution in [3.05, 3.63) is 69.8 Å². The molecular formula is C18H6AlIO10. The van der Waals surface area contributed by atoms with Crippen LogP contribution >= 0.6 is 20.3 Å².